The van der Waals surface area contributed by atoms with Crippen molar-refractivity contribution in [1.29, 1.82) is 0 Å². The van der Waals surface area contributed by atoms with Gasteiger partial charge in [-0.2, -0.15) is 4.98 Å². The molecule has 0 amide bonds. The van der Waals surface area contributed by atoms with E-state index in [1.807, 2.05) is 0 Å². The number of nitrogens with one attached hydrogen (secondary N) is 1. The number of aromatic nitrogens is 2. The lowest BCUT2D eigenvalue weighted by atomic mass is 10.1. The van der Waals surface area contributed by atoms with E-state index in [0.29, 0.717) is 29.0 Å². The van der Waals surface area contributed by atoms with Crippen LogP contribution >= 0.6 is 0 Å². The Kier molecular flexibility index (Phi) is 3.09. The Hall–Kier alpha value is -2.15. The van der Waals surface area contributed by atoms with Crippen molar-refractivity contribution in [2.24, 2.45) is 7.05 Å². The Morgan fingerprint density at radius 3 is 2.91 bits per heavy atom. The van der Waals surface area contributed by atoms with E-state index in [1.54, 1.807) is 20.0 Å². The third kappa shape index (κ3) is 2.03. The van der Waals surface area contributed by atoms with Gasteiger partial charge < -0.3 is 15.1 Å². The summed E-state index contributed by atoms with van der Waals surface area (Å²) >= 11 is 0. The Labute approximate surface area is 133 Å². The molecule has 1 fully saturated rings. The first-order valence-electron chi connectivity index (χ1n) is 7.86. The average molecular weight is 317 g/mol. The molecule has 2 aromatic rings. The van der Waals surface area contributed by atoms with Crippen molar-refractivity contribution in [3.63, 3.8) is 0 Å². The van der Waals surface area contributed by atoms with Crippen molar-refractivity contribution in [3.8, 4) is 0 Å². The number of hydrogen-bond acceptors (Lipinski definition) is 5. The molecule has 6 nitrogen and oxygen atoms in total. The molecule has 0 radical (unpaired) electrons. The molecule has 0 spiro atoms. The molecule has 1 aromatic heterocycles. The van der Waals surface area contributed by atoms with Gasteiger partial charge in [-0.25, -0.2) is 9.18 Å². The molecule has 0 saturated carbocycles. The number of fused-ring (bicyclic) bond motifs is 2. The van der Waals surface area contributed by atoms with Crippen molar-refractivity contribution in [3.05, 3.63) is 27.9 Å². The summed E-state index contributed by atoms with van der Waals surface area (Å²) in [6.45, 7) is 4.91. The van der Waals surface area contributed by atoms with Crippen molar-refractivity contribution in [2.45, 2.75) is 13.0 Å². The Bertz CT molecular complexity index is 862. The van der Waals surface area contributed by atoms with Gasteiger partial charge in [0, 0.05) is 33.2 Å². The van der Waals surface area contributed by atoms with Crippen LogP contribution in [0.25, 0.3) is 10.9 Å². The molecule has 1 aromatic carbocycles. The molecule has 122 valence electrons. The summed E-state index contributed by atoms with van der Waals surface area (Å²) in [6.07, 6.45) is 0. The smallest absolute Gasteiger partial charge is 0.349 e. The van der Waals surface area contributed by atoms with E-state index in [-0.39, 0.29) is 17.5 Å². The molecular weight excluding hydrogens is 297 g/mol. The molecule has 1 atom stereocenters. The fourth-order valence-corrected chi connectivity index (χ4v) is 3.65. The lowest BCUT2D eigenvalue weighted by molar-refractivity contribution is 0.272. The zero-order valence-electron chi connectivity index (χ0n) is 13.6. The minimum Gasteiger partial charge on any atom is -0.380 e. The first-order chi connectivity index (χ1) is 11.0. The summed E-state index contributed by atoms with van der Waals surface area (Å²) in [5.41, 5.74) is 1.42. The molecule has 1 unspecified atom stereocenters. The van der Waals surface area contributed by atoms with Gasteiger partial charge in [0.2, 0.25) is 0 Å². The molecule has 4 rings (SSSR count). The van der Waals surface area contributed by atoms with Crippen LogP contribution in [0.1, 0.15) is 5.56 Å². The average Bonchev–Trinajstić information content (AvgIpc) is 2.67. The first-order valence-corrected chi connectivity index (χ1v) is 7.86. The van der Waals surface area contributed by atoms with Gasteiger partial charge in [0.05, 0.1) is 22.6 Å². The molecule has 1 saturated heterocycles. The molecule has 1 N–H and O–H groups in total. The monoisotopic (exact) mass is 317 g/mol. The van der Waals surface area contributed by atoms with E-state index in [2.05, 4.69) is 27.1 Å². The van der Waals surface area contributed by atoms with Gasteiger partial charge in [-0.05, 0) is 25.6 Å². The van der Waals surface area contributed by atoms with Gasteiger partial charge >= 0.3 is 5.69 Å². The summed E-state index contributed by atoms with van der Waals surface area (Å²) in [5, 5.41) is 3.98. The Balaban J connectivity index is 2.06. The van der Waals surface area contributed by atoms with E-state index < -0.39 is 0 Å². The van der Waals surface area contributed by atoms with Crippen molar-refractivity contribution in [2.75, 3.05) is 43.4 Å². The third-order valence-electron chi connectivity index (χ3n) is 4.97. The minimum absolute atomic E-state index is 0.170. The fraction of sp³-hybridized carbons (Fsp3) is 0.500. The predicted octanol–water partition coefficient (Wildman–Crippen LogP) is 0.927. The lowest BCUT2D eigenvalue weighted by Crippen LogP contribution is -2.54. The zero-order chi connectivity index (χ0) is 16.3. The largest absolute Gasteiger partial charge is 0.380 e. The number of aryl methyl sites for hydroxylation is 2. The highest BCUT2D eigenvalue weighted by molar-refractivity contribution is 6.01. The van der Waals surface area contributed by atoms with E-state index in [1.165, 1.54) is 4.57 Å². The van der Waals surface area contributed by atoms with Gasteiger partial charge in [0.1, 0.15) is 11.6 Å². The van der Waals surface area contributed by atoms with Gasteiger partial charge in [-0.3, -0.25) is 4.57 Å². The van der Waals surface area contributed by atoms with Crippen molar-refractivity contribution >= 4 is 22.4 Å². The van der Waals surface area contributed by atoms with Gasteiger partial charge in [0.15, 0.2) is 0 Å². The van der Waals surface area contributed by atoms with E-state index in [0.717, 1.165) is 25.2 Å². The maximum atomic E-state index is 14.7. The van der Waals surface area contributed by atoms with Crippen LogP contribution in [0.4, 0.5) is 15.9 Å². The van der Waals surface area contributed by atoms with E-state index in [9.17, 15) is 9.18 Å². The second kappa shape index (κ2) is 4.92. The third-order valence-corrected chi connectivity index (χ3v) is 4.97. The molecular formula is C16H20FN5O. The quantitative estimate of drug-likeness (QED) is 0.783. The van der Waals surface area contributed by atoms with Crippen molar-refractivity contribution in [1.82, 2.24) is 14.5 Å². The molecule has 0 aliphatic carbocycles. The van der Waals surface area contributed by atoms with Crippen LogP contribution in [0.3, 0.4) is 0 Å². The second-order valence-corrected chi connectivity index (χ2v) is 6.54. The number of halogens is 1. The SMILES string of the molecule is Cc1cc2c3c(nc(=O)n2C)N2CCN(C)CC2CNc3c1F. The molecule has 2 aliphatic heterocycles. The normalized spacial score (nSPS) is 21.0. The van der Waals surface area contributed by atoms with Crippen LogP contribution in [0.5, 0.6) is 0 Å². The number of piperazine rings is 1. The number of nitrogens with zero attached hydrogens (tertiary/aromatic N) is 4. The number of rotatable bonds is 0. The molecule has 23 heavy (non-hydrogen) atoms. The highest BCUT2D eigenvalue weighted by Crippen LogP contribution is 2.37. The first kappa shape index (κ1) is 14.4. The highest BCUT2D eigenvalue weighted by Gasteiger charge is 2.32. The zero-order valence-corrected chi connectivity index (χ0v) is 13.6. The van der Waals surface area contributed by atoms with Crippen LogP contribution in [-0.2, 0) is 7.05 Å². The summed E-state index contributed by atoms with van der Waals surface area (Å²) in [7, 11) is 3.76. The summed E-state index contributed by atoms with van der Waals surface area (Å²) in [6, 6.07) is 1.91. The van der Waals surface area contributed by atoms with Crippen molar-refractivity contribution < 1.29 is 4.39 Å². The number of hydrogen-bond donors (Lipinski definition) is 1. The Morgan fingerprint density at radius 1 is 1.35 bits per heavy atom. The lowest BCUT2D eigenvalue weighted by Gasteiger charge is -2.39. The van der Waals surface area contributed by atoms with E-state index in [4.69, 9.17) is 0 Å². The number of anilines is 2. The number of likely N-dealkylation sites (N-methyl/N-ethyl adjacent to an activating group) is 1. The van der Waals surface area contributed by atoms with E-state index >= 15 is 0 Å². The summed E-state index contributed by atoms with van der Waals surface area (Å²) < 4.78 is 16.2. The van der Waals surface area contributed by atoms with Crippen LogP contribution in [0.2, 0.25) is 0 Å². The molecule has 2 aliphatic rings. The van der Waals surface area contributed by atoms with Crippen LogP contribution in [0.15, 0.2) is 10.9 Å². The maximum absolute atomic E-state index is 14.7. The van der Waals surface area contributed by atoms with Crippen LogP contribution < -0.4 is 15.9 Å². The maximum Gasteiger partial charge on any atom is 0.349 e. The second-order valence-electron chi connectivity index (χ2n) is 6.54. The standard InChI is InChI=1S/C16H20FN5O/c1-9-6-11-12-14(13(9)17)18-7-10-8-20(2)4-5-22(10)15(12)19-16(23)21(11)3/h6,10,18H,4-5,7-8H2,1-3H3. The molecule has 0 bridgehead atoms. The highest BCUT2D eigenvalue weighted by atomic mass is 19.1. The van der Waals surface area contributed by atoms with Crippen LogP contribution in [-0.4, -0.2) is 53.7 Å². The van der Waals surface area contributed by atoms with Gasteiger partial charge in [-0.15, -0.1) is 0 Å². The number of benzene rings is 1. The summed E-state index contributed by atoms with van der Waals surface area (Å²) in [4.78, 5) is 21.0. The van der Waals surface area contributed by atoms with Gasteiger partial charge in [-0.1, -0.05) is 0 Å². The molecule has 3 heterocycles. The molecule has 7 heteroatoms. The van der Waals surface area contributed by atoms with Gasteiger partial charge in [0.25, 0.3) is 0 Å². The fourth-order valence-electron chi connectivity index (χ4n) is 3.65. The minimum atomic E-state index is -0.302. The predicted molar refractivity (Wildman–Crippen MR) is 88.8 cm³/mol. The van der Waals surface area contributed by atoms with Crippen LogP contribution in [0, 0.1) is 12.7 Å². The topological polar surface area (TPSA) is 53.4 Å². The Morgan fingerprint density at radius 2 is 2.13 bits per heavy atom. The summed E-state index contributed by atoms with van der Waals surface area (Å²) in [5.74, 6) is 0.354.